The first kappa shape index (κ1) is 12.4. The van der Waals surface area contributed by atoms with Crippen molar-refractivity contribution in [3.8, 4) is 12.3 Å². The fourth-order valence-corrected chi connectivity index (χ4v) is 0.936. The Morgan fingerprint density at radius 3 is 2.69 bits per heavy atom. The molecule has 0 aromatic carbocycles. The molecule has 0 aliphatic heterocycles. The van der Waals surface area contributed by atoms with Gasteiger partial charge in [-0.05, 0) is 13.0 Å². The number of methoxy groups -OCH3 is 1. The van der Waals surface area contributed by atoms with Gasteiger partial charge in [0.2, 0.25) is 0 Å². The molecule has 0 saturated heterocycles. The molecule has 0 rings (SSSR count). The number of terminal acetylenes is 1. The zero-order chi connectivity index (χ0) is 9.94. The lowest BCUT2D eigenvalue weighted by molar-refractivity contribution is 0.0677. The molecule has 0 aliphatic rings. The molecule has 76 valence electrons. The lowest BCUT2D eigenvalue weighted by Gasteiger charge is -2.11. The maximum Gasteiger partial charge on any atom is 0.0708 e. The first-order valence-corrected chi connectivity index (χ1v) is 4.61. The molecule has 13 heavy (non-hydrogen) atoms. The molecule has 0 aromatic rings. The standard InChI is InChI=1S/C10H19NO2/c1-4-10(11-5-2)6-7-13-9-8-12-3/h1,10-11H,5-9H2,2-3H3. The van der Waals surface area contributed by atoms with Gasteiger partial charge in [0.1, 0.15) is 0 Å². The smallest absolute Gasteiger partial charge is 0.0708 e. The molecular weight excluding hydrogens is 166 g/mol. The normalized spacial score (nSPS) is 12.4. The lowest BCUT2D eigenvalue weighted by atomic mass is 10.2. The van der Waals surface area contributed by atoms with Gasteiger partial charge in [0.15, 0.2) is 0 Å². The largest absolute Gasteiger partial charge is 0.382 e. The summed E-state index contributed by atoms with van der Waals surface area (Å²) in [6, 6.07) is 0.132. The van der Waals surface area contributed by atoms with Crippen LogP contribution in [0.4, 0.5) is 0 Å². The van der Waals surface area contributed by atoms with Crippen LogP contribution in [0.5, 0.6) is 0 Å². The summed E-state index contributed by atoms with van der Waals surface area (Å²) in [5.74, 6) is 2.67. The van der Waals surface area contributed by atoms with Gasteiger partial charge in [-0.3, -0.25) is 0 Å². The number of nitrogens with one attached hydrogen (secondary N) is 1. The maximum absolute atomic E-state index is 5.31. The van der Waals surface area contributed by atoms with Gasteiger partial charge in [0.05, 0.1) is 19.3 Å². The second-order valence-corrected chi connectivity index (χ2v) is 2.67. The Labute approximate surface area is 80.8 Å². The summed E-state index contributed by atoms with van der Waals surface area (Å²) in [6.07, 6.45) is 6.16. The van der Waals surface area contributed by atoms with Crippen LogP contribution in [-0.2, 0) is 9.47 Å². The predicted octanol–water partition coefficient (Wildman–Crippen LogP) is 0.651. The SMILES string of the molecule is C#CC(CCOCCOC)NCC. The van der Waals surface area contributed by atoms with Crippen molar-refractivity contribution in [1.29, 1.82) is 0 Å². The van der Waals surface area contributed by atoms with Crippen molar-refractivity contribution in [2.45, 2.75) is 19.4 Å². The Balaban J connectivity index is 3.24. The van der Waals surface area contributed by atoms with Gasteiger partial charge in [0.25, 0.3) is 0 Å². The molecule has 0 fully saturated rings. The highest BCUT2D eigenvalue weighted by molar-refractivity contribution is 4.98. The zero-order valence-corrected chi connectivity index (χ0v) is 8.51. The summed E-state index contributed by atoms with van der Waals surface area (Å²) in [5.41, 5.74) is 0. The lowest BCUT2D eigenvalue weighted by Crippen LogP contribution is -2.28. The Bertz CT molecular complexity index is 142. The van der Waals surface area contributed by atoms with E-state index in [0.717, 1.165) is 13.0 Å². The van der Waals surface area contributed by atoms with E-state index in [2.05, 4.69) is 11.2 Å². The summed E-state index contributed by atoms with van der Waals surface area (Å²) in [5, 5.41) is 3.18. The van der Waals surface area contributed by atoms with Gasteiger partial charge >= 0.3 is 0 Å². The van der Waals surface area contributed by atoms with Crippen LogP contribution in [0.15, 0.2) is 0 Å². The van der Waals surface area contributed by atoms with Gasteiger partial charge in [-0.15, -0.1) is 6.42 Å². The molecule has 1 unspecified atom stereocenters. The number of rotatable bonds is 8. The Morgan fingerprint density at radius 1 is 1.38 bits per heavy atom. The molecular formula is C10H19NO2. The fraction of sp³-hybridized carbons (Fsp3) is 0.800. The Hall–Kier alpha value is -0.560. The molecule has 0 aromatic heterocycles. The predicted molar refractivity (Wildman–Crippen MR) is 53.6 cm³/mol. The second kappa shape index (κ2) is 9.53. The molecule has 0 aliphatic carbocycles. The van der Waals surface area contributed by atoms with E-state index in [9.17, 15) is 0 Å². The number of hydrogen-bond acceptors (Lipinski definition) is 3. The molecule has 3 nitrogen and oxygen atoms in total. The molecule has 0 saturated carbocycles. The van der Waals surface area contributed by atoms with Gasteiger partial charge in [-0.2, -0.15) is 0 Å². The van der Waals surface area contributed by atoms with Gasteiger partial charge in [0, 0.05) is 13.7 Å². The third-order valence-corrected chi connectivity index (χ3v) is 1.63. The Kier molecular flexibility index (Phi) is 9.12. The van der Waals surface area contributed by atoms with E-state index < -0.39 is 0 Å². The summed E-state index contributed by atoms with van der Waals surface area (Å²) in [4.78, 5) is 0. The summed E-state index contributed by atoms with van der Waals surface area (Å²) in [7, 11) is 1.66. The van der Waals surface area contributed by atoms with Crippen molar-refractivity contribution < 1.29 is 9.47 Å². The highest BCUT2D eigenvalue weighted by Crippen LogP contribution is 1.91. The van der Waals surface area contributed by atoms with Gasteiger partial charge in [-0.1, -0.05) is 12.8 Å². The molecule has 0 radical (unpaired) electrons. The summed E-state index contributed by atoms with van der Waals surface area (Å²) < 4.78 is 10.1. The molecule has 0 spiro atoms. The number of hydrogen-bond donors (Lipinski definition) is 1. The van der Waals surface area contributed by atoms with E-state index in [1.54, 1.807) is 7.11 Å². The monoisotopic (exact) mass is 185 g/mol. The van der Waals surface area contributed by atoms with Crippen molar-refractivity contribution in [2.75, 3.05) is 33.5 Å². The topological polar surface area (TPSA) is 30.5 Å². The van der Waals surface area contributed by atoms with E-state index in [1.165, 1.54) is 0 Å². The molecule has 0 amide bonds. The first-order valence-electron chi connectivity index (χ1n) is 4.61. The van der Waals surface area contributed by atoms with Crippen LogP contribution in [0.3, 0.4) is 0 Å². The highest BCUT2D eigenvalue weighted by Gasteiger charge is 2.01. The van der Waals surface area contributed by atoms with Gasteiger partial charge < -0.3 is 14.8 Å². The van der Waals surface area contributed by atoms with Crippen LogP contribution >= 0.6 is 0 Å². The van der Waals surface area contributed by atoms with Crippen molar-refractivity contribution in [3.63, 3.8) is 0 Å². The van der Waals surface area contributed by atoms with E-state index in [-0.39, 0.29) is 6.04 Å². The van der Waals surface area contributed by atoms with Crippen LogP contribution in [0, 0.1) is 12.3 Å². The molecule has 3 heteroatoms. The average Bonchev–Trinajstić information content (AvgIpc) is 2.16. The van der Waals surface area contributed by atoms with Crippen LogP contribution in [0.25, 0.3) is 0 Å². The summed E-state index contributed by atoms with van der Waals surface area (Å²) in [6.45, 7) is 4.90. The summed E-state index contributed by atoms with van der Waals surface area (Å²) >= 11 is 0. The van der Waals surface area contributed by atoms with Gasteiger partial charge in [-0.25, -0.2) is 0 Å². The Morgan fingerprint density at radius 2 is 2.15 bits per heavy atom. The van der Waals surface area contributed by atoms with E-state index in [0.29, 0.717) is 19.8 Å². The van der Waals surface area contributed by atoms with Crippen LogP contribution in [0.2, 0.25) is 0 Å². The third kappa shape index (κ3) is 7.79. The van der Waals surface area contributed by atoms with E-state index >= 15 is 0 Å². The van der Waals surface area contributed by atoms with Crippen LogP contribution < -0.4 is 5.32 Å². The quantitative estimate of drug-likeness (QED) is 0.445. The second-order valence-electron chi connectivity index (χ2n) is 2.67. The fourth-order valence-electron chi connectivity index (χ4n) is 0.936. The van der Waals surface area contributed by atoms with E-state index in [1.807, 2.05) is 6.92 Å². The van der Waals surface area contributed by atoms with Crippen molar-refractivity contribution in [2.24, 2.45) is 0 Å². The molecule has 0 bridgehead atoms. The molecule has 1 N–H and O–H groups in total. The van der Waals surface area contributed by atoms with Crippen molar-refractivity contribution in [3.05, 3.63) is 0 Å². The number of ether oxygens (including phenoxy) is 2. The third-order valence-electron chi connectivity index (χ3n) is 1.63. The average molecular weight is 185 g/mol. The molecule has 0 heterocycles. The minimum absolute atomic E-state index is 0.132. The maximum atomic E-state index is 5.31. The minimum atomic E-state index is 0.132. The van der Waals surface area contributed by atoms with Crippen molar-refractivity contribution >= 4 is 0 Å². The minimum Gasteiger partial charge on any atom is -0.382 e. The zero-order valence-electron chi connectivity index (χ0n) is 8.51. The van der Waals surface area contributed by atoms with E-state index in [4.69, 9.17) is 15.9 Å². The van der Waals surface area contributed by atoms with Crippen molar-refractivity contribution in [1.82, 2.24) is 5.32 Å². The van der Waals surface area contributed by atoms with Crippen LogP contribution in [0.1, 0.15) is 13.3 Å². The first-order chi connectivity index (χ1) is 6.35. The molecule has 1 atom stereocenters. The van der Waals surface area contributed by atoms with Crippen LogP contribution in [-0.4, -0.2) is 39.5 Å². The highest BCUT2D eigenvalue weighted by atomic mass is 16.5.